The Labute approximate surface area is 119 Å². The highest BCUT2D eigenvalue weighted by atomic mass is 19.1. The van der Waals surface area contributed by atoms with Crippen molar-refractivity contribution in [1.29, 1.82) is 0 Å². The SMILES string of the molecule is C[C@@]1(F)[C@@H]2OC(=O)c3ccc(cc3)C(=O)OC[C@H]2O[C@@H]1O. The molecule has 3 aliphatic heterocycles. The summed E-state index contributed by atoms with van der Waals surface area (Å²) < 4.78 is 29.6. The van der Waals surface area contributed by atoms with Gasteiger partial charge in [-0.05, 0) is 31.2 Å². The largest absolute Gasteiger partial charge is 0.459 e. The lowest BCUT2D eigenvalue weighted by molar-refractivity contribution is -0.144. The monoisotopic (exact) mass is 296 g/mol. The van der Waals surface area contributed by atoms with E-state index in [1.165, 1.54) is 24.3 Å². The van der Waals surface area contributed by atoms with Crippen LogP contribution in [0.1, 0.15) is 27.6 Å². The summed E-state index contributed by atoms with van der Waals surface area (Å²) in [5.41, 5.74) is -1.86. The molecule has 0 radical (unpaired) electrons. The van der Waals surface area contributed by atoms with E-state index < -0.39 is 36.1 Å². The van der Waals surface area contributed by atoms with Gasteiger partial charge >= 0.3 is 11.9 Å². The Morgan fingerprint density at radius 3 is 2.38 bits per heavy atom. The molecule has 3 heterocycles. The third-order valence-electron chi connectivity index (χ3n) is 3.65. The Bertz CT molecular complexity index is 582. The molecule has 0 saturated carbocycles. The minimum Gasteiger partial charge on any atom is -0.459 e. The number of rotatable bonds is 0. The fourth-order valence-electron chi connectivity index (χ4n) is 2.36. The average Bonchev–Trinajstić information content (AvgIpc) is 2.65. The number of benzene rings is 1. The first-order chi connectivity index (χ1) is 9.89. The molecule has 4 rings (SSSR count). The van der Waals surface area contributed by atoms with E-state index in [4.69, 9.17) is 14.2 Å². The Kier molecular flexibility index (Phi) is 3.18. The fourth-order valence-corrected chi connectivity index (χ4v) is 2.36. The molecule has 6 nitrogen and oxygen atoms in total. The number of alkyl halides is 1. The van der Waals surface area contributed by atoms with Crippen LogP contribution in [-0.2, 0) is 14.2 Å². The molecule has 112 valence electrons. The Balaban J connectivity index is 1.98. The van der Waals surface area contributed by atoms with Crippen LogP contribution in [0, 0.1) is 0 Å². The molecule has 0 aromatic heterocycles. The molecule has 1 aromatic carbocycles. The van der Waals surface area contributed by atoms with Crippen molar-refractivity contribution in [3.05, 3.63) is 35.4 Å². The molecule has 3 aliphatic rings. The van der Waals surface area contributed by atoms with E-state index in [2.05, 4.69) is 0 Å². The van der Waals surface area contributed by atoms with Crippen molar-refractivity contribution in [3.8, 4) is 0 Å². The van der Waals surface area contributed by atoms with Gasteiger partial charge in [0, 0.05) is 0 Å². The van der Waals surface area contributed by atoms with Crippen molar-refractivity contribution >= 4 is 11.9 Å². The van der Waals surface area contributed by atoms with Crippen LogP contribution in [0.15, 0.2) is 24.3 Å². The molecule has 2 bridgehead atoms. The Morgan fingerprint density at radius 1 is 1.19 bits per heavy atom. The van der Waals surface area contributed by atoms with Crippen molar-refractivity contribution < 1.29 is 33.3 Å². The first-order valence-corrected chi connectivity index (χ1v) is 6.40. The van der Waals surface area contributed by atoms with Gasteiger partial charge in [-0.3, -0.25) is 0 Å². The molecule has 0 amide bonds. The lowest BCUT2D eigenvalue weighted by atomic mass is 9.99. The molecule has 21 heavy (non-hydrogen) atoms. The lowest BCUT2D eigenvalue weighted by Gasteiger charge is -2.25. The maximum Gasteiger partial charge on any atom is 0.338 e. The number of aliphatic hydroxyl groups excluding tert-OH is 1. The van der Waals surface area contributed by atoms with Gasteiger partial charge in [-0.1, -0.05) is 0 Å². The number of hydrogen-bond donors (Lipinski definition) is 1. The van der Waals surface area contributed by atoms with Crippen molar-refractivity contribution in [2.75, 3.05) is 6.61 Å². The van der Waals surface area contributed by atoms with E-state index in [0.29, 0.717) is 0 Å². The molecule has 0 unspecified atom stereocenters. The summed E-state index contributed by atoms with van der Waals surface area (Å²) in [7, 11) is 0. The maximum atomic E-state index is 14.5. The van der Waals surface area contributed by atoms with Crippen LogP contribution in [0.2, 0.25) is 0 Å². The minimum atomic E-state index is -2.29. The van der Waals surface area contributed by atoms with Gasteiger partial charge in [0.15, 0.2) is 18.1 Å². The van der Waals surface area contributed by atoms with Crippen molar-refractivity contribution in [1.82, 2.24) is 0 Å². The summed E-state index contributed by atoms with van der Waals surface area (Å²) in [6, 6.07) is 5.62. The maximum absolute atomic E-state index is 14.5. The summed E-state index contributed by atoms with van der Waals surface area (Å²) in [4.78, 5) is 23.8. The van der Waals surface area contributed by atoms with Crippen LogP contribution in [0.4, 0.5) is 4.39 Å². The molecule has 4 atom stereocenters. The van der Waals surface area contributed by atoms with E-state index in [9.17, 15) is 19.1 Å². The van der Waals surface area contributed by atoms with Crippen molar-refractivity contribution in [2.45, 2.75) is 31.1 Å². The van der Waals surface area contributed by atoms with E-state index in [0.717, 1.165) is 6.92 Å². The second kappa shape index (κ2) is 4.78. The number of esters is 2. The molecule has 1 fully saturated rings. The fraction of sp³-hybridized carbons (Fsp3) is 0.429. The first kappa shape index (κ1) is 14.0. The van der Waals surface area contributed by atoms with Crippen LogP contribution in [0.5, 0.6) is 0 Å². The first-order valence-electron chi connectivity index (χ1n) is 6.40. The predicted molar refractivity (Wildman–Crippen MR) is 66.3 cm³/mol. The van der Waals surface area contributed by atoms with E-state index >= 15 is 0 Å². The van der Waals surface area contributed by atoms with Crippen LogP contribution in [0.25, 0.3) is 0 Å². The Morgan fingerprint density at radius 2 is 1.76 bits per heavy atom. The van der Waals surface area contributed by atoms with Crippen LogP contribution in [0.3, 0.4) is 0 Å². The topological polar surface area (TPSA) is 82.1 Å². The van der Waals surface area contributed by atoms with E-state index in [-0.39, 0.29) is 17.7 Å². The lowest BCUT2D eigenvalue weighted by Crippen LogP contribution is -2.45. The summed E-state index contributed by atoms with van der Waals surface area (Å²) in [5, 5.41) is 9.58. The number of carbonyl (C=O) groups is 2. The number of aliphatic hydroxyl groups is 1. The number of hydrogen-bond acceptors (Lipinski definition) is 6. The highest BCUT2D eigenvalue weighted by Crippen LogP contribution is 2.36. The minimum absolute atomic E-state index is 0.171. The number of halogens is 1. The standard InChI is InChI=1S/C14H13FO6/c1-14(15)10-9(20-13(14)18)6-19-11(16)7-2-4-8(5-3-7)12(17)21-10/h2-5,9-10,13,18H,6H2,1H3/t9-,10-,13+,14-/m1/s1. The average molecular weight is 296 g/mol. The normalized spacial score (nSPS) is 35.7. The number of fused-ring (bicyclic) bond motifs is 5. The van der Waals surface area contributed by atoms with E-state index in [1.807, 2.05) is 0 Å². The smallest absolute Gasteiger partial charge is 0.338 e. The van der Waals surface area contributed by atoms with Gasteiger partial charge in [-0.15, -0.1) is 0 Å². The van der Waals surface area contributed by atoms with Gasteiger partial charge in [-0.2, -0.15) is 0 Å². The second-order valence-corrected chi connectivity index (χ2v) is 5.18. The van der Waals surface area contributed by atoms with Gasteiger partial charge in [0.2, 0.25) is 0 Å². The summed E-state index contributed by atoms with van der Waals surface area (Å²) in [6.45, 7) is 0.744. The van der Waals surface area contributed by atoms with Crippen molar-refractivity contribution in [2.24, 2.45) is 0 Å². The van der Waals surface area contributed by atoms with E-state index in [1.54, 1.807) is 0 Å². The zero-order valence-electron chi connectivity index (χ0n) is 11.1. The quantitative estimate of drug-likeness (QED) is 0.714. The molecule has 0 spiro atoms. The zero-order valence-corrected chi connectivity index (χ0v) is 11.1. The highest BCUT2D eigenvalue weighted by molar-refractivity contribution is 5.93. The Hall–Kier alpha value is -1.99. The molecule has 1 saturated heterocycles. The highest BCUT2D eigenvalue weighted by Gasteiger charge is 2.57. The summed E-state index contributed by atoms with van der Waals surface area (Å²) in [6.07, 6.45) is -4.20. The van der Waals surface area contributed by atoms with Gasteiger partial charge in [-0.25, -0.2) is 14.0 Å². The third-order valence-corrected chi connectivity index (χ3v) is 3.65. The molecular formula is C14H13FO6. The molecule has 0 aliphatic carbocycles. The molecule has 7 heteroatoms. The van der Waals surface area contributed by atoms with Crippen LogP contribution < -0.4 is 0 Å². The van der Waals surface area contributed by atoms with Crippen LogP contribution >= 0.6 is 0 Å². The second-order valence-electron chi connectivity index (χ2n) is 5.18. The van der Waals surface area contributed by atoms with Crippen LogP contribution in [-0.4, -0.2) is 47.8 Å². The number of carbonyl (C=O) groups excluding carboxylic acids is 2. The van der Waals surface area contributed by atoms with Crippen molar-refractivity contribution in [3.63, 3.8) is 0 Å². The molecular weight excluding hydrogens is 283 g/mol. The molecule has 1 N–H and O–H groups in total. The third kappa shape index (κ3) is 2.28. The van der Waals surface area contributed by atoms with Gasteiger partial charge in [0.05, 0.1) is 11.1 Å². The van der Waals surface area contributed by atoms with Gasteiger partial charge in [0.25, 0.3) is 0 Å². The summed E-state index contributed by atoms with van der Waals surface area (Å²) >= 11 is 0. The zero-order chi connectivity index (χ0) is 15.2. The number of ether oxygens (including phenoxy) is 3. The summed E-state index contributed by atoms with van der Waals surface area (Å²) in [5.74, 6) is -1.38. The molecule has 1 aromatic rings. The van der Waals surface area contributed by atoms with Gasteiger partial charge < -0.3 is 19.3 Å². The van der Waals surface area contributed by atoms with Gasteiger partial charge in [0.1, 0.15) is 12.7 Å². The predicted octanol–water partition coefficient (Wildman–Crippen LogP) is 0.828.